The summed E-state index contributed by atoms with van der Waals surface area (Å²) in [4.78, 5) is 15.7. The Balaban J connectivity index is 2.12. The van der Waals surface area contributed by atoms with Crippen molar-refractivity contribution in [2.75, 3.05) is 0 Å². The molecule has 21 heavy (non-hydrogen) atoms. The quantitative estimate of drug-likeness (QED) is 0.779. The number of ether oxygens (including phenoxy) is 1. The highest BCUT2D eigenvalue weighted by molar-refractivity contribution is 6.31. The molecule has 2 aromatic carbocycles. The summed E-state index contributed by atoms with van der Waals surface area (Å²) in [7, 11) is 0. The molecule has 0 unspecified atom stereocenters. The van der Waals surface area contributed by atoms with Crippen molar-refractivity contribution < 1.29 is 14.6 Å². The molecule has 4 nitrogen and oxygen atoms in total. The van der Waals surface area contributed by atoms with Crippen molar-refractivity contribution in [3.63, 3.8) is 0 Å². The summed E-state index contributed by atoms with van der Waals surface area (Å²) in [6.45, 7) is 0. The molecule has 0 aliphatic carbocycles. The van der Waals surface area contributed by atoms with Crippen molar-refractivity contribution in [1.82, 2.24) is 4.98 Å². The smallest absolute Gasteiger partial charge is 0.336 e. The Morgan fingerprint density at radius 2 is 1.86 bits per heavy atom. The molecule has 104 valence electrons. The second-order valence-electron chi connectivity index (χ2n) is 4.39. The van der Waals surface area contributed by atoms with E-state index in [0.29, 0.717) is 21.7 Å². The third kappa shape index (κ3) is 2.80. The lowest BCUT2D eigenvalue weighted by molar-refractivity contribution is 0.0698. The summed E-state index contributed by atoms with van der Waals surface area (Å²) < 4.78 is 5.60. The van der Waals surface area contributed by atoms with Crippen LogP contribution in [0.3, 0.4) is 0 Å². The first-order valence-electron chi connectivity index (χ1n) is 6.20. The average molecular weight is 300 g/mol. The first kappa shape index (κ1) is 13.4. The van der Waals surface area contributed by atoms with Gasteiger partial charge in [-0.2, -0.15) is 0 Å². The van der Waals surface area contributed by atoms with Gasteiger partial charge in [-0.1, -0.05) is 29.8 Å². The molecule has 0 amide bonds. The van der Waals surface area contributed by atoms with E-state index in [1.165, 1.54) is 6.07 Å². The maximum absolute atomic E-state index is 11.4. The van der Waals surface area contributed by atoms with E-state index in [9.17, 15) is 9.90 Å². The standard InChI is InChI=1S/C16H10ClNO3/c17-10-6-7-14-12(8-10)13(16(19)20)9-15(18-14)21-11-4-2-1-3-5-11/h1-9H,(H,19,20). The molecule has 1 heterocycles. The Morgan fingerprint density at radius 1 is 1.10 bits per heavy atom. The summed E-state index contributed by atoms with van der Waals surface area (Å²) in [5, 5.41) is 10.3. The number of carboxylic acid groups (broad SMARTS) is 1. The first-order chi connectivity index (χ1) is 10.1. The minimum Gasteiger partial charge on any atom is -0.478 e. The number of rotatable bonds is 3. The van der Waals surface area contributed by atoms with E-state index in [1.54, 1.807) is 30.3 Å². The molecule has 0 atom stereocenters. The minimum atomic E-state index is -1.05. The van der Waals surface area contributed by atoms with E-state index in [4.69, 9.17) is 16.3 Å². The topological polar surface area (TPSA) is 59.4 Å². The van der Waals surface area contributed by atoms with Crippen molar-refractivity contribution in [3.8, 4) is 11.6 Å². The molecule has 0 aliphatic rings. The highest BCUT2D eigenvalue weighted by Crippen LogP contribution is 2.27. The van der Waals surface area contributed by atoms with Crippen LogP contribution in [0.15, 0.2) is 54.6 Å². The van der Waals surface area contributed by atoms with Crippen molar-refractivity contribution in [2.24, 2.45) is 0 Å². The number of fused-ring (bicyclic) bond motifs is 1. The number of halogens is 1. The van der Waals surface area contributed by atoms with Gasteiger partial charge in [0.25, 0.3) is 0 Å². The van der Waals surface area contributed by atoms with Gasteiger partial charge in [-0.25, -0.2) is 9.78 Å². The lowest BCUT2D eigenvalue weighted by Gasteiger charge is -2.08. The Morgan fingerprint density at radius 3 is 2.57 bits per heavy atom. The second-order valence-corrected chi connectivity index (χ2v) is 4.83. The minimum absolute atomic E-state index is 0.105. The fourth-order valence-electron chi connectivity index (χ4n) is 2.01. The van der Waals surface area contributed by atoms with Gasteiger partial charge in [0.2, 0.25) is 5.88 Å². The number of aromatic nitrogens is 1. The largest absolute Gasteiger partial charge is 0.478 e. The first-order valence-corrected chi connectivity index (χ1v) is 6.58. The molecule has 0 saturated heterocycles. The van der Waals surface area contributed by atoms with E-state index in [2.05, 4.69) is 4.98 Å². The molecule has 0 aliphatic heterocycles. The molecule has 5 heteroatoms. The third-order valence-electron chi connectivity index (χ3n) is 2.94. The van der Waals surface area contributed by atoms with Crippen LogP contribution in [0.25, 0.3) is 10.9 Å². The fourth-order valence-corrected chi connectivity index (χ4v) is 2.18. The van der Waals surface area contributed by atoms with E-state index >= 15 is 0 Å². The van der Waals surface area contributed by atoms with Crippen LogP contribution < -0.4 is 4.74 Å². The number of hydrogen-bond acceptors (Lipinski definition) is 3. The lowest BCUT2D eigenvalue weighted by Crippen LogP contribution is -2.00. The van der Waals surface area contributed by atoms with Gasteiger partial charge in [-0.3, -0.25) is 0 Å². The van der Waals surface area contributed by atoms with Crippen LogP contribution in [0.1, 0.15) is 10.4 Å². The number of carboxylic acids is 1. The highest BCUT2D eigenvalue weighted by atomic mass is 35.5. The van der Waals surface area contributed by atoms with Crippen LogP contribution in [0.2, 0.25) is 5.02 Å². The van der Waals surface area contributed by atoms with Crippen LogP contribution >= 0.6 is 11.6 Å². The summed E-state index contributed by atoms with van der Waals surface area (Å²) in [6.07, 6.45) is 0. The molecule has 0 saturated carbocycles. The molecule has 0 bridgehead atoms. The maximum Gasteiger partial charge on any atom is 0.336 e. The number of nitrogens with zero attached hydrogens (tertiary/aromatic N) is 1. The molecular formula is C16H10ClNO3. The summed E-state index contributed by atoms with van der Waals surface area (Å²) in [5.74, 6) is -0.231. The molecule has 1 N–H and O–H groups in total. The molecule has 0 radical (unpaired) electrons. The zero-order valence-electron chi connectivity index (χ0n) is 10.8. The van der Waals surface area contributed by atoms with Gasteiger partial charge in [0, 0.05) is 16.5 Å². The normalized spacial score (nSPS) is 10.5. The third-order valence-corrected chi connectivity index (χ3v) is 3.18. The van der Waals surface area contributed by atoms with Gasteiger partial charge in [-0.15, -0.1) is 0 Å². The zero-order valence-corrected chi connectivity index (χ0v) is 11.5. The number of aromatic carboxylic acids is 1. The van der Waals surface area contributed by atoms with Gasteiger partial charge in [-0.05, 0) is 30.3 Å². The molecule has 0 spiro atoms. The predicted octanol–water partition coefficient (Wildman–Crippen LogP) is 4.38. The Labute approximate surface area is 125 Å². The van der Waals surface area contributed by atoms with Crippen molar-refractivity contribution in [3.05, 3.63) is 65.2 Å². The zero-order chi connectivity index (χ0) is 14.8. The SMILES string of the molecule is O=C(O)c1cc(Oc2ccccc2)nc2ccc(Cl)cc12. The number of para-hydroxylation sites is 1. The second kappa shape index (κ2) is 5.42. The molecule has 1 aromatic heterocycles. The van der Waals surface area contributed by atoms with Crippen LogP contribution in [0, 0.1) is 0 Å². The maximum atomic E-state index is 11.4. The summed E-state index contributed by atoms with van der Waals surface area (Å²) in [6, 6.07) is 15.4. The van der Waals surface area contributed by atoms with Crippen LogP contribution in [0.4, 0.5) is 0 Å². The predicted molar refractivity (Wildman–Crippen MR) is 80.2 cm³/mol. The summed E-state index contributed by atoms with van der Waals surface area (Å²) in [5.41, 5.74) is 0.624. The average Bonchev–Trinajstić information content (AvgIpc) is 2.48. The molecule has 3 rings (SSSR count). The van der Waals surface area contributed by atoms with E-state index in [-0.39, 0.29) is 11.4 Å². The fraction of sp³-hybridized carbons (Fsp3) is 0. The van der Waals surface area contributed by atoms with Gasteiger partial charge < -0.3 is 9.84 Å². The van der Waals surface area contributed by atoms with E-state index in [0.717, 1.165) is 0 Å². The van der Waals surface area contributed by atoms with Crippen molar-refractivity contribution >= 4 is 28.5 Å². The van der Waals surface area contributed by atoms with Crippen LogP contribution in [0.5, 0.6) is 11.6 Å². The van der Waals surface area contributed by atoms with Gasteiger partial charge in [0.1, 0.15) is 5.75 Å². The monoisotopic (exact) mass is 299 g/mol. The Bertz CT molecular complexity index is 818. The highest BCUT2D eigenvalue weighted by Gasteiger charge is 2.13. The van der Waals surface area contributed by atoms with Gasteiger partial charge in [0.15, 0.2) is 0 Å². The lowest BCUT2D eigenvalue weighted by atomic mass is 10.1. The number of carbonyl (C=O) groups is 1. The van der Waals surface area contributed by atoms with Crippen LogP contribution in [-0.4, -0.2) is 16.1 Å². The number of hydrogen-bond donors (Lipinski definition) is 1. The Kier molecular flexibility index (Phi) is 3.46. The van der Waals surface area contributed by atoms with Crippen LogP contribution in [-0.2, 0) is 0 Å². The Hall–Kier alpha value is -2.59. The molecular weight excluding hydrogens is 290 g/mol. The molecule has 0 fully saturated rings. The number of pyridine rings is 1. The van der Waals surface area contributed by atoms with Gasteiger partial charge in [0.05, 0.1) is 11.1 Å². The molecule has 3 aromatic rings. The summed E-state index contributed by atoms with van der Waals surface area (Å²) >= 11 is 5.91. The van der Waals surface area contributed by atoms with E-state index < -0.39 is 5.97 Å². The van der Waals surface area contributed by atoms with Gasteiger partial charge >= 0.3 is 5.97 Å². The van der Waals surface area contributed by atoms with Crippen molar-refractivity contribution in [1.29, 1.82) is 0 Å². The number of benzene rings is 2. The van der Waals surface area contributed by atoms with E-state index in [1.807, 2.05) is 18.2 Å². The van der Waals surface area contributed by atoms with Crippen molar-refractivity contribution in [2.45, 2.75) is 0 Å².